The number of benzene rings is 1. The molecule has 2 atom stereocenters. The van der Waals surface area contributed by atoms with Crippen LogP contribution in [0.4, 0.5) is 5.69 Å². The maximum Gasteiger partial charge on any atom is 0.251 e. The topological polar surface area (TPSA) is 50.4 Å². The number of nitrogens with one attached hydrogen (secondary N) is 2. The van der Waals surface area contributed by atoms with E-state index in [0.717, 1.165) is 30.6 Å². The maximum absolute atomic E-state index is 11.7. The minimum absolute atomic E-state index is 0.0492. The van der Waals surface area contributed by atoms with Gasteiger partial charge >= 0.3 is 0 Å². The summed E-state index contributed by atoms with van der Waals surface area (Å²) in [6, 6.07) is 5.74. The highest BCUT2D eigenvalue weighted by Crippen LogP contribution is 2.22. The molecule has 0 spiro atoms. The zero-order valence-electron chi connectivity index (χ0n) is 11.8. The van der Waals surface area contributed by atoms with Gasteiger partial charge in [-0.1, -0.05) is 6.07 Å². The molecule has 1 heterocycles. The van der Waals surface area contributed by atoms with Crippen molar-refractivity contribution in [2.75, 3.05) is 18.9 Å². The van der Waals surface area contributed by atoms with E-state index in [4.69, 9.17) is 4.74 Å². The summed E-state index contributed by atoms with van der Waals surface area (Å²) < 4.78 is 5.78. The number of amides is 1. The van der Waals surface area contributed by atoms with Crippen LogP contribution in [-0.2, 0) is 4.74 Å². The summed E-state index contributed by atoms with van der Waals surface area (Å²) in [4.78, 5) is 11.7. The van der Waals surface area contributed by atoms with Crippen molar-refractivity contribution in [3.05, 3.63) is 29.3 Å². The van der Waals surface area contributed by atoms with Crippen LogP contribution in [0.1, 0.15) is 35.7 Å². The van der Waals surface area contributed by atoms with Gasteiger partial charge in [0.05, 0.1) is 12.2 Å². The third kappa shape index (κ3) is 3.26. The second kappa shape index (κ2) is 6.06. The zero-order valence-corrected chi connectivity index (χ0v) is 11.8. The molecule has 1 fully saturated rings. The lowest BCUT2D eigenvalue weighted by atomic mass is 10.1. The third-order valence-electron chi connectivity index (χ3n) is 3.65. The number of hydrogen-bond acceptors (Lipinski definition) is 3. The summed E-state index contributed by atoms with van der Waals surface area (Å²) in [6.07, 6.45) is 2.87. The predicted molar refractivity (Wildman–Crippen MR) is 76.6 cm³/mol. The normalized spacial score (nSPS) is 22.3. The molecule has 0 bridgehead atoms. The van der Waals surface area contributed by atoms with Gasteiger partial charge in [-0.05, 0) is 44.4 Å². The van der Waals surface area contributed by atoms with Crippen molar-refractivity contribution in [1.29, 1.82) is 0 Å². The molecular formula is C15H22N2O2. The molecule has 4 nitrogen and oxygen atoms in total. The predicted octanol–water partition coefficient (Wildman–Crippen LogP) is 2.33. The first-order chi connectivity index (χ1) is 9.11. The van der Waals surface area contributed by atoms with E-state index in [-0.39, 0.29) is 12.0 Å². The second-order valence-corrected chi connectivity index (χ2v) is 5.08. The van der Waals surface area contributed by atoms with Gasteiger partial charge in [0.2, 0.25) is 0 Å². The van der Waals surface area contributed by atoms with Crippen molar-refractivity contribution in [3.8, 4) is 0 Å². The van der Waals surface area contributed by atoms with Gasteiger partial charge in [-0.2, -0.15) is 0 Å². The molecule has 19 heavy (non-hydrogen) atoms. The molecular weight excluding hydrogens is 240 g/mol. The van der Waals surface area contributed by atoms with Crippen LogP contribution >= 0.6 is 0 Å². The highest BCUT2D eigenvalue weighted by atomic mass is 16.5. The summed E-state index contributed by atoms with van der Waals surface area (Å²) >= 11 is 0. The zero-order chi connectivity index (χ0) is 13.8. The Morgan fingerprint density at radius 3 is 2.84 bits per heavy atom. The van der Waals surface area contributed by atoms with Gasteiger partial charge in [-0.3, -0.25) is 4.79 Å². The van der Waals surface area contributed by atoms with Crippen LogP contribution in [0.3, 0.4) is 0 Å². The molecule has 1 aliphatic rings. The first-order valence-corrected chi connectivity index (χ1v) is 6.83. The van der Waals surface area contributed by atoms with Crippen LogP contribution < -0.4 is 10.6 Å². The minimum Gasteiger partial charge on any atom is -0.382 e. The molecule has 2 unspecified atom stereocenters. The molecule has 0 aromatic heterocycles. The van der Waals surface area contributed by atoms with E-state index in [9.17, 15) is 4.79 Å². The largest absolute Gasteiger partial charge is 0.382 e. The van der Waals surface area contributed by atoms with Crippen LogP contribution in [0, 0.1) is 6.92 Å². The fraction of sp³-hybridized carbons (Fsp3) is 0.533. The Kier molecular flexibility index (Phi) is 4.43. The summed E-state index contributed by atoms with van der Waals surface area (Å²) in [5.41, 5.74) is 2.70. The Balaban J connectivity index is 2.02. The van der Waals surface area contributed by atoms with E-state index in [0.29, 0.717) is 11.7 Å². The van der Waals surface area contributed by atoms with Gasteiger partial charge in [0.25, 0.3) is 5.91 Å². The van der Waals surface area contributed by atoms with Crippen molar-refractivity contribution in [2.24, 2.45) is 0 Å². The fourth-order valence-corrected chi connectivity index (χ4v) is 2.47. The van der Waals surface area contributed by atoms with Crippen LogP contribution in [0.2, 0.25) is 0 Å². The van der Waals surface area contributed by atoms with Gasteiger partial charge in [-0.15, -0.1) is 0 Å². The Morgan fingerprint density at radius 2 is 2.21 bits per heavy atom. The molecule has 0 saturated carbocycles. The van der Waals surface area contributed by atoms with Crippen molar-refractivity contribution < 1.29 is 9.53 Å². The van der Waals surface area contributed by atoms with Crippen LogP contribution in [0.15, 0.2) is 18.2 Å². The van der Waals surface area contributed by atoms with Gasteiger partial charge in [0.15, 0.2) is 0 Å². The molecule has 1 aliphatic heterocycles. The molecule has 2 N–H and O–H groups in total. The Labute approximate surface area is 114 Å². The number of carbonyl (C=O) groups is 1. The van der Waals surface area contributed by atoms with Crippen LogP contribution in [0.5, 0.6) is 0 Å². The average molecular weight is 262 g/mol. The SMILES string of the molecule is CNC(=O)c1cccc(NCC2CCC(C)O2)c1C. The molecule has 1 aromatic carbocycles. The van der Waals surface area contributed by atoms with Crippen molar-refractivity contribution in [2.45, 2.75) is 38.9 Å². The third-order valence-corrected chi connectivity index (χ3v) is 3.65. The van der Waals surface area contributed by atoms with Crippen molar-refractivity contribution >= 4 is 11.6 Å². The van der Waals surface area contributed by atoms with Crippen LogP contribution in [0.25, 0.3) is 0 Å². The molecule has 0 radical (unpaired) electrons. The number of rotatable bonds is 4. The van der Waals surface area contributed by atoms with Gasteiger partial charge < -0.3 is 15.4 Å². The van der Waals surface area contributed by atoms with Gasteiger partial charge in [0, 0.05) is 24.8 Å². The highest BCUT2D eigenvalue weighted by molar-refractivity contribution is 5.96. The first kappa shape index (κ1) is 13.9. The summed E-state index contributed by atoms with van der Waals surface area (Å²) in [6.45, 7) is 4.87. The number of anilines is 1. The van der Waals surface area contributed by atoms with E-state index in [1.165, 1.54) is 0 Å². The fourth-order valence-electron chi connectivity index (χ4n) is 2.47. The molecule has 1 saturated heterocycles. The number of carbonyl (C=O) groups excluding carboxylic acids is 1. The van der Waals surface area contributed by atoms with Gasteiger partial charge in [-0.25, -0.2) is 0 Å². The standard InChI is InChI=1S/C15H22N2O2/c1-10-7-8-12(19-10)9-17-14-6-4-5-13(11(14)2)15(18)16-3/h4-6,10,12,17H,7-9H2,1-3H3,(H,16,18). The molecule has 0 aliphatic carbocycles. The van der Waals surface area contributed by atoms with E-state index >= 15 is 0 Å². The maximum atomic E-state index is 11.7. The molecule has 104 valence electrons. The minimum atomic E-state index is -0.0492. The Bertz CT molecular complexity index is 459. The summed E-state index contributed by atoms with van der Waals surface area (Å²) in [5, 5.41) is 6.05. The average Bonchev–Trinajstić information content (AvgIpc) is 2.82. The summed E-state index contributed by atoms with van der Waals surface area (Å²) in [7, 11) is 1.65. The first-order valence-electron chi connectivity index (χ1n) is 6.83. The lowest BCUT2D eigenvalue weighted by molar-refractivity contribution is 0.0637. The Hall–Kier alpha value is -1.55. The van der Waals surface area contributed by atoms with Crippen LogP contribution in [-0.4, -0.2) is 31.7 Å². The lowest BCUT2D eigenvalue weighted by Crippen LogP contribution is -2.22. The highest BCUT2D eigenvalue weighted by Gasteiger charge is 2.21. The number of hydrogen-bond donors (Lipinski definition) is 2. The smallest absolute Gasteiger partial charge is 0.251 e. The van der Waals surface area contributed by atoms with E-state index < -0.39 is 0 Å². The molecule has 2 rings (SSSR count). The number of ether oxygens (including phenoxy) is 1. The van der Waals surface area contributed by atoms with Gasteiger partial charge in [0.1, 0.15) is 0 Å². The monoisotopic (exact) mass is 262 g/mol. The van der Waals surface area contributed by atoms with Crippen molar-refractivity contribution in [3.63, 3.8) is 0 Å². The summed E-state index contributed by atoms with van der Waals surface area (Å²) in [5.74, 6) is -0.0492. The van der Waals surface area contributed by atoms with E-state index in [1.807, 2.05) is 25.1 Å². The lowest BCUT2D eigenvalue weighted by Gasteiger charge is -2.16. The Morgan fingerprint density at radius 1 is 1.42 bits per heavy atom. The van der Waals surface area contributed by atoms with E-state index in [1.54, 1.807) is 7.05 Å². The second-order valence-electron chi connectivity index (χ2n) is 5.08. The van der Waals surface area contributed by atoms with Crippen molar-refractivity contribution in [1.82, 2.24) is 5.32 Å². The van der Waals surface area contributed by atoms with E-state index in [2.05, 4.69) is 17.6 Å². The molecule has 1 aromatic rings. The molecule has 1 amide bonds. The molecule has 4 heteroatoms. The quantitative estimate of drug-likeness (QED) is 0.875.